The van der Waals surface area contributed by atoms with E-state index in [9.17, 15) is 0 Å². The zero-order chi connectivity index (χ0) is 13.4. The number of benzene rings is 1. The normalized spacial score (nSPS) is 10.7. The van der Waals surface area contributed by atoms with Gasteiger partial charge >= 0.3 is 0 Å². The van der Waals surface area contributed by atoms with Crippen LogP contribution in [0.4, 0.5) is 0 Å². The first kappa shape index (κ1) is 14.8. The van der Waals surface area contributed by atoms with E-state index in [-0.39, 0.29) is 0 Å². The van der Waals surface area contributed by atoms with Crippen LogP contribution in [0.1, 0.15) is 37.3 Å². The number of nitrogens with one attached hydrogen (secondary N) is 1. The van der Waals surface area contributed by atoms with Crippen LogP contribution in [0.2, 0.25) is 0 Å². The van der Waals surface area contributed by atoms with Crippen LogP contribution in [0.15, 0.2) is 30.9 Å². The van der Waals surface area contributed by atoms with Gasteiger partial charge in [-0.3, -0.25) is 0 Å². The Labute approximate surface area is 111 Å². The Balaban J connectivity index is 2.35. The fourth-order valence-corrected chi connectivity index (χ4v) is 1.98. The minimum atomic E-state index is 0.571. The van der Waals surface area contributed by atoms with E-state index in [1.54, 1.807) is 0 Å². The first-order valence-electron chi connectivity index (χ1n) is 6.70. The average Bonchev–Trinajstić information content (AvgIpc) is 2.33. The Hall–Kier alpha value is -1.28. The van der Waals surface area contributed by atoms with E-state index in [1.165, 1.54) is 11.1 Å². The molecule has 0 spiro atoms. The Morgan fingerprint density at radius 3 is 2.78 bits per heavy atom. The molecule has 18 heavy (non-hydrogen) atoms. The second kappa shape index (κ2) is 7.93. The fraction of sp³-hybridized carbons (Fsp3) is 0.500. The molecule has 2 heteroatoms. The standard InChI is InChI=1S/C16H25NO/c1-5-9-17-10-6-11-18-15-7-8-16(13(2)3)14(4)12-15/h5,7-8,12-13,17H,1,6,9-11H2,2-4H3. The zero-order valence-corrected chi connectivity index (χ0v) is 11.8. The molecule has 0 atom stereocenters. The van der Waals surface area contributed by atoms with E-state index in [0.29, 0.717) is 5.92 Å². The number of rotatable bonds is 8. The van der Waals surface area contributed by atoms with Crippen molar-refractivity contribution in [3.63, 3.8) is 0 Å². The fourth-order valence-electron chi connectivity index (χ4n) is 1.98. The molecule has 100 valence electrons. The average molecular weight is 247 g/mol. The predicted octanol–water partition coefficient (Wildman–Crippen LogP) is 3.66. The first-order valence-corrected chi connectivity index (χ1v) is 6.70. The van der Waals surface area contributed by atoms with Crippen LogP contribution in [-0.4, -0.2) is 19.7 Å². The SMILES string of the molecule is C=CCNCCCOc1ccc(C(C)C)c(C)c1. The highest BCUT2D eigenvalue weighted by molar-refractivity contribution is 5.36. The van der Waals surface area contributed by atoms with Crippen LogP contribution in [-0.2, 0) is 0 Å². The first-order chi connectivity index (χ1) is 8.65. The van der Waals surface area contributed by atoms with Gasteiger partial charge in [-0.15, -0.1) is 6.58 Å². The molecule has 0 saturated carbocycles. The molecule has 2 nitrogen and oxygen atoms in total. The molecule has 0 radical (unpaired) electrons. The van der Waals surface area contributed by atoms with E-state index in [2.05, 4.69) is 50.9 Å². The summed E-state index contributed by atoms with van der Waals surface area (Å²) in [5.41, 5.74) is 2.71. The lowest BCUT2D eigenvalue weighted by atomic mass is 9.98. The molecule has 0 heterocycles. The Bertz CT molecular complexity index is 371. The summed E-state index contributed by atoms with van der Waals surface area (Å²) < 4.78 is 5.74. The summed E-state index contributed by atoms with van der Waals surface area (Å²) in [4.78, 5) is 0. The second-order valence-corrected chi connectivity index (χ2v) is 4.87. The third-order valence-electron chi connectivity index (χ3n) is 2.92. The summed E-state index contributed by atoms with van der Waals surface area (Å²) in [5, 5.41) is 3.26. The summed E-state index contributed by atoms with van der Waals surface area (Å²) in [6, 6.07) is 6.37. The van der Waals surface area contributed by atoms with Gasteiger partial charge in [-0.25, -0.2) is 0 Å². The van der Waals surface area contributed by atoms with Gasteiger partial charge < -0.3 is 10.1 Å². The molecular weight excluding hydrogens is 222 g/mol. The van der Waals surface area contributed by atoms with Gasteiger partial charge in [-0.1, -0.05) is 26.0 Å². The molecule has 0 bridgehead atoms. The monoisotopic (exact) mass is 247 g/mol. The highest BCUT2D eigenvalue weighted by atomic mass is 16.5. The van der Waals surface area contributed by atoms with Gasteiger partial charge in [-0.2, -0.15) is 0 Å². The largest absolute Gasteiger partial charge is 0.494 e. The summed E-state index contributed by atoms with van der Waals surface area (Å²) in [6.45, 7) is 12.8. The van der Waals surface area contributed by atoms with Crippen molar-refractivity contribution >= 4 is 0 Å². The maximum atomic E-state index is 5.74. The number of aryl methyl sites for hydroxylation is 1. The molecule has 0 amide bonds. The van der Waals surface area contributed by atoms with Crippen LogP contribution < -0.4 is 10.1 Å². The number of hydrogen-bond donors (Lipinski definition) is 1. The van der Waals surface area contributed by atoms with Crippen LogP contribution >= 0.6 is 0 Å². The second-order valence-electron chi connectivity index (χ2n) is 4.87. The van der Waals surface area contributed by atoms with Gasteiger partial charge in [0.15, 0.2) is 0 Å². The minimum absolute atomic E-state index is 0.571. The van der Waals surface area contributed by atoms with Gasteiger partial charge in [0.25, 0.3) is 0 Å². The van der Waals surface area contributed by atoms with Crippen molar-refractivity contribution in [2.24, 2.45) is 0 Å². The maximum absolute atomic E-state index is 5.74. The molecule has 0 unspecified atom stereocenters. The van der Waals surface area contributed by atoms with E-state index in [4.69, 9.17) is 4.74 Å². The van der Waals surface area contributed by atoms with E-state index in [1.807, 2.05) is 6.08 Å². The smallest absolute Gasteiger partial charge is 0.119 e. The third kappa shape index (κ3) is 4.92. The van der Waals surface area contributed by atoms with Gasteiger partial charge in [0.1, 0.15) is 5.75 Å². The van der Waals surface area contributed by atoms with Gasteiger partial charge in [-0.05, 0) is 49.1 Å². The molecule has 0 aliphatic rings. The number of hydrogen-bond acceptors (Lipinski definition) is 2. The van der Waals surface area contributed by atoms with Crippen molar-refractivity contribution in [3.8, 4) is 5.75 Å². The Morgan fingerprint density at radius 1 is 1.39 bits per heavy atom. The summed E-state index contributed by atoms with van der Waals surface area (Å²) in [5.74, 6) is 1.54. The van der Waals surface area contributed by atoms with Crippen LogP contribution in [0.3, 0.4) is 0 Å². The number of ether oxygens (including phenoxy) is 1. The van der Waals surface area contributed by atoms with Gasteiger partial charge in [0.2, 0.25) is 0 Å². The zero-order valence-electron chi connectivity index (χ0n) is 11.8. The lowest BCUT2D eigenvalue weighted by Gasteiger charge is -2.12. The van der Waals surface area contributed by atoms with Crippen LogP contribution in [0.5, 0.6) is 5.75 Å². The lowest BCUT2D eigenvalue weighted by Crippen LogP contribution is -2.17. The van der Waals surface area contributed by atoms with E-state index in [0.717, 1.165) is 31.9 Å². The summed E-state index contributed by atoms with van der Waals surface area (Å²) in [7, 11) is 0. The molecule has 1 aromatic rings. The van der Waals surface area contributed by atoms with Crippen molar-refractivity contribution in [2.45, 2.75) is 33.1 Å². The highest BCUT2D eigenvalue weighted by Gasteiger charge is 2.04. The quantitative estimate of drug-likeness (QED) is 0.559. The predicted molar refractivity (Wildman–Crippen MR) is 78.4 cm³/mol. The van der Waals surface area contributed by atoms with E-state index >= 15 is 0 Å². The molecule has 1 N–H and O–H groups in total. The van der Waals surface area contributed by atoms with Crippen molar-refractivity contribution in [2.75, 3.05) is 19.7 Å². The van der Waals surface area contributed by atoms with Crippen LogP contribution in [0, 0.1) is 6.92 Å². The Kier molecular flexibility index (Phi) is 6.51. The third-order valence-corrected chi connectivity index (χ3v) is 2.92. The molecule has 0 aliphatic carbocycles. The summed E-state index contributed by atoms with van der Waals surface area (Å²) >= 11 is 0. The van der Waals surface area contributed by atoms with Crippen molar-refractivity contribution < 1.29 is 4.74 Å². The molecule has 1 aromatic carbocycles. The van der Waals surface area contributed by atoms with Crippen LogP contribution in [0.25, 0.3) is 0 Å². The topological polar surface area (TPSA) is 21.3 Å². The maximum Gasteiger partial charge on any atom is 0.119 e. The van der Waals surface area contributed by atoms with Gasteiger partial charge in [0.05, 0.1) is 6.61 Å². The Morgan fingerprint density at radius 2 is 2.17 bits per heavy atom. The highest BCUT2D eigenvalue weighted by Crippen LogP contribution is 2.23. The molecule has 1 rings (SSSR count). The molecule has 0 aromatic heterocycles. The van der Waals surface area contributed by atoms with Crippen molar-refractivity contribution in [3.05, 3.63) is 42.0 Å². The minimum Gasteiger partial charge on any atom is -0.494 e. The van der Waals surface area contributed by atoms with Crippen molar-refractivity contribution in [1.82, 2.24) is 5.32 Å². The summed E-state index contributed by atoms with van der Waals surface area (Å²) in [6.07, 6.45) is 2.88. The molecule has 0 aliphatic heterocycles. The van der Waals surface area contributed by atoms with E-state index < -0.39 is 0 Å². The van der Waals surface area contributed by atoms with Crippen molar-refractivity contribution in [1.29, 1.82) is 0 Å². The van der Waals surface area contributed by atoms with Gasteiger partial charge in [0, 0.05) is 6.54 Å². The lowest BCUT2D eigenvalue weighted by molar-refractivity contribution is 0.309. The molecule has 0 saturated heterocycles. The molecular formula is C16H25NO. The molecule has 0 fully saturated rings.